The molecule has 1 aromatic heterocycles. The third-order valence-corrected chi connectivity index (χ3v) is 4.52. The highest BCUT2D eigenvalue weighted by Gasteiger charge is 2.20. The Hall–Kier alpha value is -1.75. The number of nitrogen functional groups attached to an aromatic ring is 1. The average Bonchev–Trinajstić information content (AvgIpc) is 2.74. The maximum absolute atomic E-state index is 12.8. The Labute approximate surface area is 122 Å². The van der Waals surface area contributed by atoms with Crippen LogP contribution in [0.1, 0.15) is 16.8 Å². The quantitative estimate of drug-likeness (QED) is 0.875. The molecule has 2 N–H and O–H groups in total. The highest BCUT2D eigenvalue weighted by Crippen LogP contribution is 2.22. The molecule has 0 atom stereocenters. The van der Waals surface area contributed by atoms with Crippen molar-refractivity contribution >= 4 is 34.4 Å². The van der Waals surface area contributed by atoms with Crippen molar-refractivity contribution in [2.24, 2.45) is 0 Å². The maximum atomic E-state index is 12.8. The van der Waals surface area contributed by atoms with E-state index >= 15 is 0 Å². The van der Waals surface area contributed by atoms with Gasteiger partial charge in [0.2, 0.25) is 0 Å². The molecular weight excluding hydrogens is 270 g/mol. The number of carbonyl (C=O) groups is 1. The van der Waals surface area contributed by atoms with Gasteiger partial charge in [-0.3, -0.25) is 4.79 Å². The number of nitrogens with zero attached hydrogens (tertiary/aromatic N) is 2. The van der Waals surface area contributed by atoms with Crippen molar-refractivity contribution in [3.63, 3.8) is 0 Å². The molecule has 2 heterocycles. The number of aromatic nitrogens is 1. The number of thioether (sulfide) groups is 1. The third-order valence-electron chi connectivity index (χ3n) is 3.48. The number of amides is 1. The van der Waals surface area contributed by atoms with E-state index in [1.807, 2.05) is 40.9 Å². The summed E-state index contributed by atoms with van der Waals surface area (Å²) < 4.78 is 0. The van der Waals surface area contributed by atoms with Crippen LogP contribution in [0.5, 0.6) is 0 Å². The number of hydrogen-bond acceptors (Lipinski definition) is 4. The molecule has 1 amide bonds. The van der Waals surface area contributed by atoms with E-state index in [0.717, 1.165) is 41.9 Å². The number of fused-ring (bicyclic) bond motifs is 1. The van der Waals surface area contributed by atoms with Gasteiger partial charge in [-0.25, -0.2) is 4.98 Å². The molecule has 1 aliphatic rings. The topological polar surface area (TPSA) is 59.2 Å². The molecule has 1 aromatic carbocycles. The standard InChI is InChI=1S/C15H17N3OS/c16-14-10-12(11-4-1-2-5-13(11)17-14)15(19)18-6-3-8-20-9-7-18/h1-2,4-5,10H,3,6-9H2,(H2,16,17). The number of rotatable bonds is 1. The largest absolute Gasteiger partial charge is 0.384 e. The SMILES string of the molecule is Nc1cc(C(=O)N2CCCSCC2)c2ccccc2n1. The molecule has 20 heavy (non-hydrogen) atoms. The molecular formula is C15H17N3OS. The van der Waals surface area contributed by atoms with Crippen LogP contribution in [0.15, 0.2) is 30.3 Å². The molecule has 0 bridgehead atoms. The van der Waals surface area contributed by atoms with E-state index in [2.05, 4.69) is 4.98 Å². The zero-order valence-electron chi connectivity index (χ0n) is 11.2. The average molecular weight is 287 g/mol. The second-order valence-corrected chi connectivity index (χ2v) is 6.09. The van der Waals surface area contributed by atoms with Gasteiger partial charge in [-0.2, -0.15) is 11.8 Å². The first kappa shape index (κ1) is 13.2. The number of para-hydroxylation sites is 1. The lowest BCUT2D eigenvalue weighted by molar-refractivity contribution is 0.0770. The molecule has 2 aromatic rings. The van der Waals surface area contributed by atoms with Crippen LogP contribution in [-0.4, -0.2) is 40.4 Å². The Morgan fingerprint density at radius 1 is 1.25 bits per heavy atom. The molecule has 0 unspecified atom stereocenters. The highest BCUT2D eigenvalue weighted by molar-refractivity contribution is 7.99. The summed E-state index contributed by atoms with van der Waals surface area (Å²) in [6.45, 7) is 1.63. The Morgan fingerprint density at radius 3 is 3.00 bits per heavy atom. The molecule has 104 valence electrons. The summed E-state index contributed by atoms with van der Waals surface area (Å²) in [7, 11) is 0. The molecule has 0 saturated carbocycles. The number of carbonyl (C=O) groups excluding carboxylic acids is 1. The molecule has 4 nitrogen and oxygen atoms in total. The van der Waals surface area contributed by atoms with Gasteiger partial charge in [0.1, 0.15) is 5.82 Å². The van der Waals surface area contributed by atoms with Crippen LogP contribution in [0.2, 0.25) is 0 Å². The third kappa shape index (κ3) is 2.58. The van der Waals surface area contributed by atoms with Crippen LogP contribution in [0.4, 0.5) is 5.82 Å². The van der Waals surface area contributed by atoms with Crippen molar-refractivity contribution in [3.05, 3.63) is 35.9 Å². The summed E-state index contributed by atoms with van der Waals surface area (Å²) in [5, 5.41) is 0.878. The molecule has 1 fully saturated rings. The van der Waals surface area contributed by atoms with Crippen molar-refractivity contribution in [2.45, 2.75) is 6.42 Å². The zero-order chi connectivity index (χ0) is 13.9. The predicted molar refractivity (Wildman–Crippen MR) is 84.0 cm³/mol. The zero-order valence-corrected chi connectivity index (χ0v) is 12.0. The summed E-state index contributed by atoms with van der Waals surface area (Å²) in [5.74, 6) is 2.60. The normalized spacial score (nSPS) is 16.1. The molecule has 1 saturated heterocycles. The summed E-state index contributed by atoms with van der Waals surface area (Å²) in [4.78, 5) is 19.0. The van der Waals surface area contributed by atoms with E-state index in [1.165, 1.54) is 0 Å². The molecule has 0 radical (unpaired) electrons. The Kier molecular flexibility index (Phi) is 3.78. The molecule has 5 heteroatoms. The monoisotopic (exact) mass is 287 g/mol. The Morgan fingerprint density at radius 2 is 2.10 bits per heavy atom. The number of nitrogens with two attached hydrogens (primary N) is 1. The number of pyridine rings is 1. The van der Waals surface area contributed by atoms with E-state index in [1.54, 1.807) is 6.07 Å². The van der Waals surface area contributed by atoms with E-state index in [-0.39, 0.29) is 5.91 Å². The number of anilines is 1. The molecule has 0 aliphatic carbocycles. The smallest absolute Gasteiger partial charge is 0.254 e. The summed E-state index contributed by atoms with van der Waals surface area (Å²) in [6, 6.07) is 9.35. The second-order valence-electron chi connectivity index (χ2n) is 4.87. The summed E-state index contributed by atoms with van der Waals surface area (Å²) >= 11 is 1.91. The number of hydrogen-bond donors (Lipinski definition) is 1. The fraction of sp³-hybridized carbons (Fsp3) is 0.333. The Balaban J connectivity index is 2.02. The van der Waals surface area contributed by atoms with Gasteiger partial charge in [0.05, 0.1) is 11.1 Å². The van der Waals surface area contributed by atoms with Gasteiger partial charge >= 0.3 is 0 Å². The lowest BCUT2D eigenvalue weighted by Gasteiger charge is -2.21. The first-order chi connectivity index (χ1) is 9.75. The molecule has 3 rings (SSSR count). The van der Waals surface area contributed by atoms with Crippen molar-refractivity contribution in [1.82, 2.24) is 9.88 Å². The van der Waals surface area contributed by atoms with Gasteiger partial charge in [0.25, 0.3) is 5.91 Å². The summed E-state index contributed by atoms with van der Waals surface area (Å²) in [6.07, 6.45) is 1.05. The molecule has 0 spiro atoms. The van der Waals surface area contributed by atoms with Gasteiger partial charge in [0, 0.05) is 24.2 Å². The fourth-order valence-corrected chi connectivity index (χ4v) is 3.38. The van der Waals surface area contributed by atoms with Gasteiger partial charge in [-0.15, -0.1) is 0 Å². The molecule has 1 aliphatic heterocycles. The second kappa shape index (κ2) is 5.71. The Bertz CT molecular complexity index is 636. The first-order valence-corrected chi connectivity index (χ1v) is 7.93. The van der Waals surface area contributed by atoms with Crippen LogP contribution >= 0.6 is 11.8 Å². The van der Waals surface area contributed by atoms with Crippen LogP contribution in [0.3, 0.4) is 0 Å². The van der Waals surface area contributed by atoms with Gasteiger partial charge in [-0.05, 0) is 24.3 Å². The van der Waals surface area contributed by atoms with E-state index in [4.69, 9.17) is 5.73 Å². The van der Waals surface area contributed by atoms with Crippen molar-refractivity contribution in [2.75, 3.05) is 30.3 Å². The van der Waals surface area contributed by atoms with Gasteiger partial charge in [-0.1, -0.05) is 18.2 Å². The van der Waals surface area contributed by atoms with Gasteiger partial charge < -0.3 is 10.6 Å². The van der Waals surface area contributed by atoms with Crippen molar-refractivity contribution in [1.29, 1.82) is 0 Å². The van der Waals surface area contributed by atoms with E-state index < -0.39 is 0 Å². The fourth-order valence-electron chi connectivity index (χ4n) is 2.49. The van der Waals surface area contributed by atoms with Crippen LogP contribution in [0.25, 0.3) is 10.9 Å². The summed E-state index contributed by atoms with van der Waals surface area (Å²) in [5.41, 5.74) is 7.28. The minimum Gasteiger partial charge on any atom is -0.384 e. The van der Waals surface area contributed by atoms with Crippen LogP contribution in [0, 0.1) is 0 Å². The maximum Gasteiger partial charge on any atom is 0.254 e. The predicted octanol–water partition coefficient (Wildman–Crippen LogP) is 2.40. The number of benzene rings is 1. The van der Waals surface area contributed by atoms with Crippen LogP contribution in [-0.2, 0) is 0 Å². The minimum absolute atomic E-state index is 0.0674. The van der Waals surface area contributed by atoms with Crippen molar-refractivity contribution < 1.29 is 4.79 Å². The van der Waals surface area contributed by atoms with Crippen molar-refractivity contribution in [3.8, 4) is 0 Å². The lowest BCUT2D eigenvalue weighted by atomic mass is 10.1. The van der Waals surface area contributed by atoms with E-state index in [0.29, 0.717) is 11.4 Å². The highest BCUT2D eigenvalue weighted by atomic mass is 32.2. The first-order valence-electron chi connectivity index (χ1n) is 6.78. The van der Waals surface area contributed by atoms with Crippen LogP contribution < -0.4 is 5.73 Å². The van der Waals surface area contributed by atoms with E-state index in [9.17, 15) is 4.79 Å². The van der Waals surface area contributed by atoms with Gasteiger partial charge in [0.15, 0.2) is 0 Å². The lowest BCUT2D eigenvalue weighted by Crippen LogP contribution is -2.33. The minimum atomic E-state index is 0.0674.